The number of hydrogen-bond donors (Lipinski definition) is 3. The first kappa shape index (κ1) is 23.1. The molecule has 2 aromatic carbocycles. The number of rotatable bonds is 6. The lowest BCUT2D eigenvalue weighted by atomic mass is 9.79. The van der Waals surface area contributed by atoms with Gasteiger partial charge in [0.15, 0.2) is 0 Å². The van der Waals surface area contributed by atoms with Crippen molar-refractivity contribution in [2.75, 3.05) is 11.9 Å². The van der Waals surface area contributed by atoms with Gasteiger partial charge in [-0.15, -0.1) is 0 Å². The maximum atomic E-state index is 9.75. The number of phenols is 1. The minimum absolute atomic E-state index is 0.0401. The fourth-order valence-electron chi connectivity index (χ4n) is 5.16. The highest BCUT2D eigenvalue weighted by Gasteiger charge is 2.37. The van der Waals surface area contributed by atoms with Crippen molar-refractivity contribution in [1.82, 2.24) is 10.3 Å². The number of phenolic OH excluding ortho intramolecular Hbond substituents is 1. The van der Waals surface area contributed by atoms with E-state index in [0.717, 1.165) is 46.8 Å². The molecule has 0 amide bonds. The summed E-state index contributed by atoms with van der Waals surface area (Å²) in [4.78, 5) is 4.97. The van der Waals surface area contributed by atoms with Gasteiger partial charge in [0, 0.05) is 28.2 Å². The third kappa shape index (κ3) is 5.66. The summed E-state index contributed by atoms with van der Waals surface area (Å²) in [6.45, 7) is 11.6. The van der Waals surface area contributed by atoms with Crippen LogP contribution in [0.25, 0.3) is 22.4 Å². The topological polar surface area (TPSA) is 66.4 Å². The number of pyridine rings is 1. The number of hydrogen-bond acceptors (Lipinski definition) is 5. The molecule has 0 radical (unpaired) electrons. The Morgan fingerprint density at radius 3 is 2.30 bits per heavy atom. The van der Waals surface area contributed by atoms with Crippen molar-refractivity contribution in [1.29, 1.82) is 0 Å². The Kier molecular flexibility index (Phi) is 6.35. The lowest BCUT2D eigenvalue weighted by molar-refractivity contribution is 0.170. The van der Waals surface area contributed by atoms with Gasteiger partial charge < -0.3 is 20.5 Å². The molecule has 4 rings (SSSR count). The van der Waals surface area contributed by atoms with E-state index < -0.39 is 0 Å². The standard InChI is InChI=1S/C28H35N3O2/c1-6-33-25-10-8-7-9-23(25)20-15-24(19-11-13-22(32)14-12-19)30-26(16-20)29-21-17-27(2,3)31-28(4,5)18-21/h7-16,21,31-32H,6,17-18H2,1-5H3,(H,29,30). The molecule has 0 unspecified atom stereocenters. The monoisotopic (exact) mass is 445 g/mol. The number of nitrogens with zero attached hydrogens (tertiary/aromatic N) is 1. The Balaban J connectivity index is 1.76. The molecule has 1 aliphatic heterocycles. The van der Waals surface area contributed by atoms with Gasteiger partial charge in [0.25, 0.3) is 0 Å². The Morgan fingerprint density at radius 1 is 0.970 bits per heavy atom. The normalized spacial score (nSPS) is 17.5. The molecule has 174 valence electrons. The molecule has 1 fully saturated rings. The Morgan fingerprint density at radius 2 is 1.64 bits per heavy atom. The van der Waals surface area contributed by atoms with E-state index in [4.69, 9.17) is 9.72 Å². The first-order valence-corrected chi connectivity index (χ1v) is 11.7. The predicted molar refractivity (Wildman–Crippen MR) is 136 cm³/mol. The van der Waals surface area contributed by atoms with Crippen LogP contribution in [0, 0.1) is 0 Å². The molecule has 1 aliphatic rings. The summed E-state index contributed by atoms with van der Waals surface area (Å²) >= 11 is 0. The summed E-state index contributed by atoms with van der Waals surface area (Å²) in [5.41, 5.74) is 3.98. The highest BCUT2D eigenvalue weighted by molar-refractivity contribution is 5.77. The molecule has 2 heterocycles. The molecule has 0 saturated carbocycles. The Labute approximate surface area is 197 Å². The van der Waals surface area contributed by atoms with Crippen LogP contribution < -0.4 is 15.4 Å². The third-order valence-corrected chi connectivity index (χ3v) is 6.03. The molecule has 1 saturated heterocycles. The van der Waals surface area contributed by atoms with Gasteiger partial charge in [-0.05, 0) is 95.5 Å². The van der Waals surface area contributed by atoms with Crippen molar-refractivity contribution in [3.63, 3.8) is 0 Å². The van der Waals surface area contributed by atoms with E-state index in [1.807, 2.05) is 37.3 Å². The molecule has 3 N–H and O–H groups in total. The molecule has 0 atom stereocenters. The molecule has 0 bridgehead atoms. The van der Waals surface area contributed by atoms with E-state index in [1.165, 1.54) is 0 Å². The fraction of sp³-hybridized carbons (Fsp3) is 0.393. The number of para-hydroxylation sites is 1. The summed E-state index contributed by atoms with van der Waals surface area (Å²) in [5, 5.41) is 17.2. The average Bonchev–Trinajstić information content (AvgIpc) is 2.72. The second-order valence-electron chi connectivity index (χ2n) is 10.2. The summed E-state index contributed by atoms with van der Waals surface area (Å²) in [7, 11) is 0. The van der Waals surface area contributed by atoms with Gasteiger partial charge in [-0.3, -0.25) is 0 Å². The number of nitrogens with one attached hydrogen (secondary N) is 2. The molecule has 0 aliphatic carbocycles. The van der Waals surface area contributed by atoms with Crippen LogP contribution in [-0.4, -0.2) is 33.8 Å². The number of anilines is 1. The van der Waals surface area contributed by atoms with Crippen molar-refractivity contribution < 1.29 is 9.84 Å². The summed E-state index contributed by atoms with van der Waals surface area (Å²) < 4.78 is 5.92. The fourth-order valence-corrected chi connectivity index (χ4v) is 5.16. The van der Waals surface area contributed by atoms with Crippen molar-refractivity contribution in [2.45, 2.75) is 64.6 Å². The second kappa shape index (κ2) is 9.06. The van der Waals surface area contributed by atoms with E-state index in [-0.39, 0.29) is 16.8 Å². The van der Waals surface area contributed by atoms with Crippen LogP contribution in [0.15, 0.2) is 60.7 Å². The van der Waals surface area contributed by atoms with Gasteiger partial charge in [-0.25, -0.2) is 4.98 Å². The van der Waals surface area contributed by atoms with E-state index >= 15 is 0 Å². The summed E-state index contributed by atoms with van der Waals surface area (Å²) in [6.07, 6.45) is 2.01. The Hall–Kier alpha value is -3.05. The van der Waals surface area contributed by atoms with Gasteiger partial charge in [-0.1, -0.05) is 18.2 Å². The van der Waals surface area contributed by atoms with Crippen molar-refractivity contribution in [3.05, 3.63) is 60.7 Å². The predicted octanol–water partition coefficient (Wildman–Crippen LogP) is 6.24. The van der Waals surface area contributed by atoms with Gasteiger partial charge in [0.2, 0.25) is 0 Å². The smallest absolute Gasteiger partial charge is 0.127 e. The van der Waals surface area contributed by atoms with Crippen LogP contribution in [-0.2, 0) is 0 Å². The van der Waals surface area contributed by atoms with Crippen LogP contribution in [0.5, 0.6) is 11.5 Å². The maximum absolute atomic E-state index is 9.75. The minimum Gasteiger partial charge on any atom is -0.508 e. The van der Waals surface area contributed by atoms with E-state index in [0.29, 0.717) is 12.6 Å². The zero-order valence-electron chi connectivity index (χ0n) is 20.3. The SMILES string of the molecule is CCOc1ccccc1-c1cc(NC2CC(C)(C)NC(C)(C)C2)nc(-c2ccc(O)cc2)c1. The van der Waals surface area contributed by atoms with Crippen LogP contribution in [0.1, 0.15) is 47.5 Å². The summed E-state index contributed by atoms with van der Waals surface area (Å²) in [5.74, 6) is 1.95. The number of aromatic hydroxyl groups is 1. The number of piperidine rings is 1. The zero-order chi connectivity index (χ0) is 23.6. The average molecular weight is 446 g/mol. The van der Waals surface area contributed by atoms with Gasteiger partial charge in [-0.2, -0.15) is 0 Å². The molecule has 5 heteroatoms. The highest BCUT2D eigenvalue weighted by atomic mass is 16.5. The molecule has 33 heavy (non-hydrogen) atoms. The Bertz CT molecular complexity index is 1090. The molecule has 5 nitrogen and oxygen atoms in total. The first-order chi connectivity index (χ1) is 15.6. The molecule has 1 aromatic heterocycles. The molecule has 3 aromatic rings. The third-order valence-electron chi connectivity index (χ3n) is 6.03. The number of aromatic nitrogens is 1. The van der Waals surface area contributed by atoms with E-state index in [1.54, 1.807) is 12.1 Å². The van der Waals surface area contributed by atoms with E-state index in [9.17, 15) is 5.11 Å². The summed E-state index contributed by atoms with van der Waals surface area (Å²) in [6, 6.07) is 19.8. The lowest BCUT2D eigenvalue weighted by Gasteiger charge is -2.46. The largest absolute Gasteiger partial charge is 0.508 e. The lowest BCUT2D eigenvalue weighted by Crippen LogP contribution is -2.60. The molecule has 0 spiro atoms. The van der Waals surface area contributed by atoms with Crippen molar-refractivity contribution in [3.8, 4) is 33.9 Å². The van der Waals surface area contributed by atoms with Gasteiger partial charge in [0.05, 0.1) is 12.3 Å². The van der Waals surface area contributed by atoms with Crippen LogP contribution >= 0.6 is 0 Å². The van der Waals surface area contributed by atoms with Crippen LogP contribution in [0.4, 0.5) is 5.82 Å². The minimum atomic E-state index is 0.0401. The highest BCUT2D eigenvalue weighted by Crippen LogP contribution is 2.36. The second-order valence-corrected chi connectivity index (χ2v) is 10.2. The van der Waals surface area contributed by atoms with Crippen molar-refractivity contribution in [2.24, 2.45) is 0 Å². The molecular formula is C28H35N3O2. The van der Waals surface area contributed by atoms with Crippen LogP contribution in [0.2, 0.25) is 0 Å². The zero-order valence-corrected chi connectivity index (χ0v) is 20.3. The first-order valence-electron chi connectivity index (χ1n) is 11.7. The molecular weight excluding hydrogens is 410 g/mol. The number of ether oxygens (including phenoxy) is 1. The maximum Gasteiger partial charge on any atom is 0.127 e. The van der Waals surface area contributed by atoms with Gasteiger partial charge >= 0.3 is 0 Å². The quantitative estimate of drug-likeness (QED) is 0.419. The number of benzene rings is 2. The van der Waals surface area contributed by atoms with Crippen molar-refractivity contribution >= 4 is 5.82 Å². The van der Waals surface area contributed by atoms with E-state index in [2.05, 4.69) is 56.5 Å². The van der Waals surface area contributed by atoms with Crippen LogP contribution in [0.3, 0.4) is 0 Å². The van der Waals surface area contributed by atoms with Gasteiger partial charge in [0.1, 0.15) is 17.3 Å².